The molecule has 0 radical (unpaired) electrons. The molecule has 0 heterocycles. The van der Waals surface area contributed by atoms with Crippen LogP contribution in [0.2, 0.25) is 0 Å². The van der Waals surface area contributed by atoms with E-state index in [9.17, 15) is 48.3 Å². The third-order valence-corrected chi connectivity index (χ3v) is 12.0. The zero-order valence-corrected chi connectivity index (χ0v) is 44.3. The van der Waals surface area contributed by atoms with Crippen LogP contribution in [-0.4, -0.2) is 148 Å². The average molecular weight is 1050 g/mol. The first-order valence-electron chi connectivity index (χ1n) is 26.7. The molecule has 1 rings (SSSR count). The van der Waals surface area contributed by atoms with Gasteiger partial charge in [0.05, 0.1) is 51.2 Å². The zero-order chi connectivity index (χ0) is 54.6. The van der Waals surface area contributed by atoms with Crippen molar-refractivity contribution in [2.75, 3.05) is 72.6 Å². The lowest BCUT2D eigenvalue weighted by Crippen LogP contribution is -2.41. The number of aromatic carboxylic acids is 1. The fourth-order valence-corrected chi connectivity index (χ4v) is 7.66. The molecule has 3 atom stereocenters. The summed E-state index contributed by atoms with van der Waals surface area (Å²) in [6.45, 7) is 5.53. The van der Waals surface area contributed by atoms with Crippen LogP contribution in [0.15, 0.2) is 24.3 Å². The maximum atomic E-state index is 12.4. The van der Waals surface area contributed by atoms with E-state index in [-0.39, 0.29) is 137 Å². The fourth-order valence-electron chi connectivity index (χ4n) is 7.66. The maximum absolute atomic E-state index is 12.4. The van der Waals surface area contributed by atoms with E-state index >= 15 is 0 Å². The third kappa shape index (κ3) is 38.4. The lowest BCUT2D eigenvalue weighted by molar-refractivity contribution is -0.142. The summed E-state index contributed by atoms with van der Waals surface area (Å²) < 4.78 is 27.3. The molecule has 0 saturated carbocycles. The van der Waals surface area contributed by atoms with Gasteiger partial charge >= 0.3 is 11.9 Å². The number of rotatable bonds is 51. The number of hydrogen-bond acceptors (Lipinski definition) is 15. The largest absolute Gasteiger partial charge is 0.494 e. The number of ether oxygens (including phenoxy) is 5. The number of aliphatic carboxylic acids is 1. The van der Waals surface area contributed by atoms with Gasteiger partial charge < -0.3 is 60.4 Å². The highest BCUT2D eigenvalue weighted by atomic mass is 16.5. The topological polar surface area (TPSA) is 302 Å². The maximum Gasteiger partial charge on any atom is 0.335 e. The van der Waals surface area contributed by atoms with Crippen molar-refractivity contribution >= 4 is 52.8 Å². The Hall–Kier alpha value is -5.15. The molecule has 20 nitrogen and oxygen atoms in total. The monoisotopic (exact) mass is 1050 g/mol. The predicted molar refractivity (Wildman–Crippen MR) is 277 cm³/mol. The third-order valence-electron chi connectivity index (χ3n) is 12.0. The zero-order valence-electron chi connectivity index (χ0n) is 44.3. The molecule has 0 aliphatic carbocycles. The van der Waals surface area contributed by atoms with Crippen LogP contribution in [0.3, 0.4) is 0 Å². The van der Waals surface area contributed by atoms with Crippen LogP contribution in [0.1, 0.15) is 172 Å². The highest BCUT2D eigenvalue weighted by Crippen LogP contribution is 2.16. The van der Waals surface area contributed by atoms with Crippen molar-refractivity contribution < 1.29 is 77.0 Å². The number of nitrogens with two attached hydrogens (primary N) is 1. The van der Waals surface area contributed by atoms with Gasteiger partial charge in [0, 0.05) is 57.7 Å². The molecule has 0 spiro atoms. The second-order valence-corrected chi connectivity index (χ2v) is 18.7. The number of hydrogen-bond donors (Lipinski definition) is 6. The van der Waals surface area contributed by atoms with Crippen LogP contribution in [-0.2, 0) is 57.3 Å². The molecule has 7 N–H and O–H groups in total. The molecule has 74 heavy (non-hydrogen) atoms. The highest BCUT2D eigenvalue weighted by Gasteiger charge is 2.21. The number of carboxylic acids is 2. The Morgan fingerprint density at radius 1 is 0.527 bits per heavy atom. The van der Waals surface area contributed by atoms with Gasteiger partial charge in [-0.25, -0.2) is 9.59 Å². The Kier molecular flexibility index (Phi) is 39.9. The summed E-state index contributed by atoms with van der Waals surface area (Å²) >= 11 is 0. The summed E-state index contributed by atoms with van der Waals surface area (Å²) in [5, 5.41) is 26.6. The molecule has 20 heteroatoms. The number of unbranched alkanes of at least 4 members (excludes halogenated alkanes) is 11. The summed E-state index contributed by atoms with van der Waals surface area (Å²) in [4.78, 5) is 107. The molecule has 1 aromatic carbocycles. The number of carbonyl (C=O) groups is 9. The van der Waals surface area contributed by atoms with Crippen molar-refractivity contribution in [2.24, 2.45) is 11.7 Å². The molecular weight excluding hydrogens is 961 g/mol. The van der Waals surface area contributed by atoms with Crippen LogP contribution in [0.4, 0.5) is 0 Å². The first-order chi connectivity index (χ1) is 35.6. The normalized spacial score (nSPS) is 12.3. The highest BCUT2D eigenvalue weighted by molar-refractivity contribution is 5.88. The second kappa shape index (κ2) is 44.2. The first-order valence-corrected chi connectivity index (χ1v) is 26.7. The molecule has 0 bridgehead atoms. The van der Waals surface area contributed by atoms with Crippen LogP contribution >= 0.6 is 0 Å². The number of benzene rings is 1. The van der Waals surface area contributed by atoms with E-state index in [4.69, 9.17) is 34.5 Å². The number of nitrogens with one attached hydrogen (secondary N) is 3. The van der Waals surface area contributed by atoms with Gasteiger partial charge in [-0.05, 0) is 89.5 Å². The van der Waals surface area contributed by atoms with E-state index in [1.807, 2.05) is 0 Å². The fraction of sp³-hybridized carbons (Fsp3) is 0.722. The Balaban J connectivity index is 1.92. The minimum atomic E-state index is -1.18. The predicted octanol–water partition coefficient (Wildman–Crippen LogP) is 5.86. The smallest absolute Gasteiger partial charge is 0.335 e. The van der Waals surface area contributed by atoms with Crippen molar-refractivity contribution in [2.45, 2.75) is 174 Å². The van der Waals surface area contributed by atoms with Gasteiger partial charge in [0.15, 0.2) is 5.78 Å². The van der Waals surface area contributed by atoms with Gasteiger partial charge in [-0.2, -0.15) is 0 Å². The van der Waals surface area contributed by atoms with E-state index in [0.29, 0.717) is 76.9 Å². The summed E-state index contributed by atoms with van der Waals surface area (Å²) in [5.41, 5.74) is 6.23. The van der Waals surface area contributed by atoms with E-state index in [2.05, 4.69) is 16.0 Å². The number of carbonyl (C=O) groups excluding carboxylic acids is 7. The molecular formula is C54H88N4O16. The lowest BCUT2D eigenvalue weighted by Gasteiger charge is -2.14. The van der Waals surface area contributed by atoms with Gasteiger partial charge in [0.25, 0.3) is 0 Å². The number of Topliss-reactive ketones (excluding diaryl/α,β-unsaturated/α-hetero) is 4. The van der Waals surface area contributed by atoms with Gasteiger partial charge in [0.1, 0.15) is 42.4 Å². The van der Waals surface area contributed by atoms with Crippen molar-refractivity contribution in [3.63, 3.8) is 0 Å². The Labute approximate surface area is 438 Å². The molecule has 420 valence electrons. The van der Waals surface area contributed by atoms with Gasteiger partial charge in [0.2, 0.25) is 17.7 Å². The summed E-state index contributed by atoms with van der Waals surface area (Å²) in [6.07, 6.45) is 15.1. The van der Waals surface area contributed by atoms with E-state index < -0.39 is 24.0 Å². The molecule has 0 fully saturated rings. The molecule has 3 amide bonds. The minimum Gasteiger partial charge on any atom is -0.494 e. The standard InChI is InChI=1S/C54H88N4O16/c1-41(59)38-44(42(2)60)18-14-15-29-57-52(65)48(55)21-12-10-11-19-46(62)39-72-36-35-71-33-30-56-51(64)40-73-37-34-70-31-17-20-45(61)25-28-49(54(68)69)58-50(63)22-13-8-6-4-3-5-7-9-16-32-74-47-26-23-43(24-27-47)53(66)67/h23-24,26-27,44,48-49H,3-22,25,28-40,55H2,1-2H3,(H,56,64)(H,57,65)(H,58,63)(H,66,67)(H,68,69)/t44-,48+,49+/m1/s1. The SMILES string of the molecule is CC(=O)C[C@@H](CCCCNC(=O)[C@@H](N)CCCCCC(=O)COCCOCCNC(=O)COCCOCCCC(=O)CC[C@H](NC(=O)CCCCCCCCCCCOc1ccc(C(=O)O)cc1)C(=O)O)C(C)=O. The molecule has 0 aliphatic heterocycles. The molecule has 0 aromatic heterocycles. The minimum absolute atomic E-state index is 0.00628. The first kappa shape index (κ1) is 66.9. The Morgan fingerprint density at radius 2 is 1.11 bits per heavy atom. The van der Waals surface area contributed by atoms with Crippen molar-refractivity contribution in [1.82, 2.24) is 16.0 Å². The second-order valence-electron chi connectivity index (χ2n) is 18.7. The number of carboxylic acid groups (broad SMARTS) is 2. The summed E-state index contributed by atoms with van der Waals surface area (Å²) in [6, 6.07) is 4.61. The van der Waals surface area contributed by atoms with Gasteiger partial charge in [-0.15, -0.1) is 0 Å². The molecule has 0 unspecified atom stereocenters. The van der Waals surface area contributed by atoms with Crippen LogP contribution in [0.25, 0.3) is 0 Å². The van der Waals surface area contributed by atoms with Crippen LogP contribution < -0.4 is 26.4 Å². The quantitative estimate of drug-likeness (QED) is 0.0416. The Bertz CT molecular complexity index is 1780. The summed E-state index contributed by atoms with van der Waals surface area (Å²) in [7, 11) is 0. The van der Waals surface area contributed by atoms with Crippen molar-refractivity contribution in [3.8, 4) is 5.75 Å². The van der Waals surface area contributed by atoms with Crippen molar-refractivity contribution in [3.05, 3.63) is 29.8 Å². The summed E-state index contributed by atoms with van der Waals surface area (Å²) in [5.74, 6) is -2.78. The van der Waals surface area contributed by atoms with Gasteiger partial charge in [-0.3, -0.25) is 28.8 Å². The number of amides is 3. The Morgan fingerprint density at radius 3 is 1.76 bits per heavy atom. The number of ketones is 4. The molecule has 0 aliphatic rings. The van der Waals surface area contributed by atoms with E-state index in [0.717, 1.165) is 64.2 Å². The van der Waals surface area contributed by atoms with Crippen molar-refractivity contribution in [1.29, 1.82) is 0 Å². The lowest BCUT2D eigenvalue weighted by atomic mass is 9.93. The van der Waals surface area contributed by atoms with Crippen LogP contribution in [0.5, 0.6) is 5.75 Å². The van der Waals surface area contributed by atoms with Gasteiger partial charge in [-0.1, -0.05) is 64.2 Å². The van der Waals surface area contributed by atoms with E-state index in [1.165, 1.54) is 26.0 Å². The van der Waals surface area contributed by atoms with E-state index in [1.54, 1.807) is 12.1 Å². The molecule has 1 aromatic rings. The van der Waals surface area contributed by atoms with Crippen LogP contribution in [0, 0.1) is 5.92 Å². The average Bonchev–Trinajstić information content (AvgIpc) is 3.36. The molecule has 0 saturated heterocycles.